The summed E-state index contributed by atoms with van der Waals surface area (Å²) in [6, 6.07) is 2.67. The third kappa shape index (κ3) is 5.33. The Balaban J connectivity index is 1.55. The second-order valence-electron chi connectivity index (χ2n) is 8.46. The number of carbonyl (C=O) groups excluding carboxylic acids is 2. The number of hydrogen-bond acceptors (Lipinski definition) is 5. The molecule has 0 radical (unpaired) electrons. The highest BCUT2D eigenvalue weighted by Crippen LogP contribution is 2.36. The summed E-state index contributed by atoms with van der Waals surface area (Å²) in [6.07, 6.45) is -5.37. The molecule has 0 saturated carbocycles. The number of halogens is 6. The molecule has 0 fully saturated rings. The quantitative estimate of drug-likeness (QED) is 0.377. The van der Waals surface area contributed by atoms with E-state index in [0.29, 0.717) is 12.1 Å². The maximum absolute atomic E-state index is 13.9. The van der Waals surface area contributed by atoms with Crippen molar-refractivity contribution in [3.8, 4) is 11.5 Å². The number of furan rings is 1. The van der Waals surface area contributed by atoms with Crippen molar-refractivity contribution >= 4 is 11.8 Å². The van der Waals surface area contributed by atoms with Crippen molar-refractivity contribution in [2.24, 2.45) is 5.73 Å². The topological polar surface area (TPSA) is 106 Å². The van der Waals surface area contributed by atoms with Crippen LogP contribution >= 0.6 is 0 Å². The molecule has 1 atom stereocenters. The van der Waals surface area contributed by atoms with E-state index in [2.05, 4.69) is 10.3 Å². The highest BCUT2D eigenvalue weighted by molar-refractivity contribution is 5.91. The number of nitrogens with one attached hydrogen (secondary N) is 1. The molecule has 2 amide bonds. The van der Waals surface area contributed by atoms with Gasteiger partial charge in [0.25, 0.3) is 5.91 Å². The van der Waals surface area contributed by atoms with Crippen LogP contribution in [0, 0.1) is 17.5 Å². The Hall–Kier alpha value is -3.81. The van der Waals surface area contributed by atoms with E-state index in [1.54, 1.807) is 0 Å². The van der Waals surface area contributed by atoms with Gasteiger partial charge in [-0.15, -0.1) is 0 Å². The highest BCUT2D eigenvalue weighted by Gasteiger charge is 2.41. The van der Waals surface area contributed by atoms with Crippen LogP contribution in [0.5, 0.6) is 0 Å². The molecule has 0 spiro atoms. The number of rotatable bonds is 6. The second kappa shape index (κ2) is 9.92. The molecule has 14 heteroatoms. The maximum Gasteiger partial charge on any atom is 0.449 e. The van der Waals surface area contributed by atoms with Crippen LogP contribution in [0.15, 0.2) is 28.7 Å². The summed E-state index contributed by atoms with van der Waals surface area (Å²) >= 11 is 0. The van der Waals surface area contributed by atoms with E-state index in [9.17, 15) is 35.9 Å². The molecular weight excluding hydrogens is 508 g/mol. The average molecular weight is 529 g/mol. The number of nitrogens with two attached hydrogens (primary N) is 1. The molecule has 1 aliphatic heterocycles. The lowest BCUT2D eigenvalue weighted by atomic mass is 10.0. The molecule has 0 bridgehead atoms. The van der Waals surface area contributed by atoms with Crippen LogP contribution in [0.1, 0.15) is 34.1 Å². The van der Waals surface area contributed by atoms with Gasteiger partial charge in [-0.3, -0.25) is 9.59 Å². The van der Waals surface area contributed by atoms with E-state index in [4.69, 9.17) is 10.2 Å². The maximum atomic E-state index is 13.9. The normalized spacial score (nSPS) is 14.4. The minimum atomic E-state index is -4.79. The van der Waals surface area contributed by atoms with Gasteiger partial charge < -0.3 is 24.9 Å². The van der Waals surface area contributed by atoms with Crippen LogP contribution in [0.3, 0.4) is 0 Å². The first-order valence-corrected chi connectivity index (χ1v) is 11.0. The van der Waals surface area contributed by atoms with Gasteiger partial charge in [-0.2, -0.15) is 13.2 Å². The molecule has 1 aliphatic rings. The van der Waals surface area contributed by atoms with Crippen molar-refractivity contribution in [1.29, 1.82) is 0 Å². The number of imidazole rings is 1. The Morgan fingerprint density at radius 3 is 2.51 bits per heavy atom. The van der Waals surface area contributed by atoms with Gasteiger partial charge in [0.15, 0.2) is 23.2 Å². The predicted octanol–water partition coefficient (Wildman–Crippen LogP) is 3.24. The molecular formula is C23H21F6N5O3. The summed E-state index contributed by atoms with van der Waals surface area (Å²) in [5.74, 6) is -6.14. The van der Waals surface area contributed by atoms with Gasteiger partial charge in [-0.05, 0) is 30.2 Å². The molecule has 3 heterocycles. The third-order valence-electron chi connectivity index (χ3n) is 5.91. The number of fused-ring (bicyclic) bond motifs is 1. The molecule has 37 heavy (non-hydrogen) atoms. The van der Waals surface area contributed by atoms with Crippen LogP contribution in [0.25, 0.3) is 11.5 Å². The van der Waals surface area contributed by atoms with Gasteiger partial charge in [0.05, 0.1) is 12.2 Å². The Morgan fingerprint density at radius 1 is 1.14 bits per heavy atom. The van der Waals surface area contributed by atoms with Gasteiger partial charge >= 0.3 is 6.18 Å². The minimum absolute atomic E-state index is 0.0463. The monoisotopic (exact) mass is 529 g/mol. The number of aromatic nitrogens is 2. The van der Waals surface area contributed by atoms with Crippen LogP contribution in [0.2, 0.25) is 0 Å². The fourth-order valence-electron chi connectivity index (χ4n) is 4.13. The van der Waals surface area contributed by atoms with Crippen LogP contribution < -0.4 is 11.1 Å². The number of alkyl halides is 3. The predicted molar refractivity (Wildman–Crippen MR) is 116 cm³/mol. The largest absolute Gasteiger partial charge is 0.449 e. The zero-order valence-electron chi connectivity index (χ0n) is 19.3. The lowest BCUT2D eigenvalue weighted by Crippen LogP contribution is -2.42. The van der Waals surface area contributed by atoms with E-state index in [1.807, 2.05) is 0 Å². The first-order valence-electron chi connectivity index (χ1n) is 11.0. The number of benzene rings is 1. The molecule has 3 aromatic rings. The molecule has 4 rings (SSSR count). The lowest BCUT2D eigenvalue weighted by molar-refractivity contribution is -0.148. The zero-order valence-corrected chi connectivity index (χ0v) is 19.3. The number of carbonyl (C=O) groups is 2. The van der Waals surface area contributed by atoms with Gasteiger partial charge in [-0.1, -0.05) is 0 Å². The van der Waals surface area contributed by atoms with Gasteiger partial charge in [0, 0.05) is 38.7 Å². The molecule has 198 valence electrons. The molecule has 8 nitrogen and oxygen atoms in total. The van der Waals surface area contributed by atoms with E-state index < -0.39 is 47.3 Å². The van der Waals surface area contributed by atoms with Crippen molar-refractivity contribution in [3.05, 3.63) is 64.6 Å². The van der Waals surface area contributed by atoms with Crippen LogP contribution in [0.4, 0.5) is 26.3 Å². The van der Waals surface area contributed by atoms with Crippen molar-refractivity contribution in [1.82, 2.24) is 19.8 Å². The highest BCUT2D eigenvalue weighted by atomic mass is 19.4. The zero-order chi connectivity index (χ0) is 27.1. The lowest BCUT2D eigenvalue weighted by Gasteiger charge is -2.30. The van der Waals surface area contributed by atoms with Crippen LogP contribution in [-0.2, 0) is 30.5 Å². The van der Waals surface area contributed by atoms with Gasteiger partial charge in [-0.25, -0.2) is 18.2 Å². The van der Waals surface area contributed by atoms with Crippen LogP contribution in [-0.4, -0.2) is 45.9 Å². The Kier molecular flexibility index (Phi) is 7.04. The summed E-state index contributed by atoms with van der Waals surface area (Å²) in [7, 11) is 1.36. The van der Waals surface area contributed by atoms with Crippen molar-refractivity contribution in [2.45, 2.75) is 38.1 Å². The van der Waals surface area contributed by atoms with Crippen molar-refractivity contribution < 1.29 is 40.3 Å². The van der Waals surface area contributed by atoms with E-state index >= 15 is 0 Å². The molecule has 0 saturated heterocycles. The van der Waals surface area contributed by atoms with E-state index in [-0.39, 0.29) is 60.9 Å². The fraction of sp³-hybridized carbons (Fsp3) is 0.348. The Morgan fingerprint density at radius 2 is 1.84 bits per heavy atom. The van der Waals surface area contributed by atoms with E-state index in [0.717, 1.165) is 4.57 Å². The molecule has 0 aliphatic carbocycles. The number of amides is 2. The molecule has 1 unspecified atom stereocenters. The smallest absolute Gasteiger partial charge is 0.449 e. The molecule has 1 aromatic carbocycles. The standard InChI is InChI=1S/C23H21F6N5O3/c1-31-21(36)18-3-2-17(37-18)20-16-10-33(4-5-34(16)22(32-20)23(27,28)29)19(35)8-12(30)6-11-7-14(25)15(26)9-13(11)24/h2-3,7,9,12H,4-6,8,10,30H2,1H3,(H,31,36). The van der Waals surface area contributed by atoms with Crippen molar-refractivity contribution in [2.75, 3.05) is 13.6 Å². The average Bonchev–Trinajstić information content (AvgIpc) is 3.46. The summed E-state index contributed by atoms with van der Waals surface area (Å²) < 4.78 is 87.9. The minimum Gasteiger partial charge on any atom is -0.449 e. The third-order valence-corrected chi connectivity index (χ3v) is 5.91. The summed E-state index contributed by atoms with van der Waals surface area (Å²) in [6.45, 7) is -0.572. The van der Waals surface area contributed by atoms with Crippen molar-refractivity contribution in [3.63, 3.8) is 0 Å². The Bertz CT molecular complexity index is 1350. The fourth-order valence-corrected chi connectivity index (χ4v) is 4.13. The molecule has 2 aromatic heterocycles. The summed E-state index contributed by atoms with van der Waals surface area (Å²) in [4.78, 5) is 29.7. The van der Waals surface area contributed by atoms with Gasteiger partial charge in [0.2, 0.25) is 11.7 Å². The SMILES string of the molecule is CNC(=O)c1ccc(-c2nc(C(F)(F)F)n3c2CN(C(=O)CC(N)Cc2cc(F)c(F)cc2F)CC3)o1. The number of nitrogens with zero attached hydrogens (tertiary/aromatic N) is 3. The summed E-state index contributed by atoms with van der Waals surface area (Å²) in [5, 5.41) is 2.34. The van der Waals surface area contributed by atoms with Gasteiger partial charge in [0.1, 0.15) is 11.5 Å². The number of hydrogen-bond donors (Lipinski definition) is 2. The Labute approximate surface area is 206 Å². The first kappa shape index (κ1) is 26.3. The summed E-state index contributed by atoms with van der Waals surface area (Å²) in [5.41, 5.74) is 5.60. The first-order chi connectivity index (χ1) is 17.4. The second-order valence-corrected chi connectivity index (χ2v) is 8.46. The van der Waals surface area contributed by atoms with E-state index in [1.165, 1.54) is 24.1 Å². The molecule has 3 N–H and O–H groups in total.